The van der Waals surface area contributed by atoms with Crippen LogP contribution in [0.2, 0.25) is 0 Å². The lowest BCUT2D eigenvalue weighted by atomic mass is 10.1. The second-order valence-electron chi connectivity index (χ2n) is 3.20. The number of aromatic nitrogens is 1. The summed E-state index contributed by atoms with van der Waals surface area (Å²) in [5, 5.41) is 0.714. The molecule has 1 amide bonds. The number of fused-ring (bicyclic) bond motifs is 1. The molecule has 3 N–H and O–H groups in total. The van der Waals surface area contributed by atoms with Crippen molar-refractivity contribution in [2.45, 2.75) is 0 Å². The van der Waals surface area contributed by atoms with E-state index in [0.717, 1.165) is 11.8 Å². The molecule has 0 fully saturated rings. The highest BCUT2D eigenvalue weighted by Crippen LogP contribution is 2.20. The first-order valence-electron chi connectivity index (χ1n) is 4.59. The number of H-pyrrole nitrogens is 1. The van der Waals surface area contributed by atoms with Crippen LogP contribution in [0.3, 0.4) is 0 Å². The Kier molecular flexibility index (Phi) is 2.44. The summed E-state index contributed by atoms with van der Waals surface area (Å²) in [6.45, 7) is 0. The van der Waals surface area contributed by atoms with E-state index in [2.05, 4.69) is 16.8 Å². The van der Waals surface area contributed by atoms with Gasteiger partial charge in [-0.05, 0) is 12.1 Å². The highest BCUT2D eigenvalue weighted by Gasteiger charge is 2.05. The first-order chi connectivity index (χ1) is 7.72. The Bertz CT molecular complexity index is 629. The zero-order valence-electron chi connectivity index (χ0n) is 8.28. The van der Waals surface area contributed by atoms with Crippen molar-refractivity contribution in [3.8, 4) is 11.8 Å². The zero-order chi connectivity index (χ0) is 11.5. The number of carbonyl (C=O) groups excluding carboxylic acids is 2. The molecule has 0 aliphatic heterocycles. The molecule has 0 saturated carbocycles. The summed E-state index contributed by atoms with van der Waals surface area (Å²) < 4.78 is 0. The summed E-state index contributed by atoms with van der Waals surface area (Å²) in [6.07, 6.45) is 2.35. The largest absolute Gasteiger partial charge is 0.360 e. The molecule has 0 aliphatic carbocycles. The SMILES string of the molecule is NC(=O)C#Cc1cccc2[nH]cc(C=O)c12. The number of hydrogen-bond acceptors (Lipinski definition) is 2. The fourth-order valence-electron chi connectivity index (χ4n) is 1.54. The van der Waals surface area contributed by atoms with Gasteiger partial charge in [0.2, 0.25) is 0 Å². The number of nitrogens with two attached hydrogens (primary N) is 1. The van der Waals surface area contributed by atoms with Crippen LogP contribution in [-0.2, 0) is 4.79 Å². The van der Waals surface area contributed by atoms with Crippen molar-refractivity contribution < 1.29 is 9.59 Å². The average molecular weight is 212 g/mol. The van der Waals surface area contributed by atoms with Crippen molar-refractivity contribution >= 4 is 23.1 Å². The molecule has 0 spiro atoms. The Labute approximate surface area is 91.4 Å². The lowest BCUT2D eigenvalue weighted by molar-refractivity contribution is -0.112. The molecule has 78 valence electrons. The van der Waals surface area contributed by atoms with E-state index in [1.54, 1.807) is 18.3 Å². The summed E-state index contributed by atoms with van der Waals surface area (Å²) in [7, 11) is 0. The minimum atomic E-state index is -0.694. The van der Waals surface area contributed by atoms with Crippen LogP contribution in [0.15, 0.2) is 24.4 Å². The monoisotopic (exact) mass is 212 g/mol. The second kappa shape index (κ2) is 3.91. The molecule has 4 heteroatoms. The summed E-state index contributed by atoms with van der Waals surface area (Å²) in [5.74, 6) is 4.20. The maximum atomic E-state index is 10.8. The molecule has 0 saturated heterocycles. The number of amides is 1. The number of aldehydes is 1. The highest BCUT2D eigenvalue weighted by molar-refractivity contribution is 6.01. The third kappa shape index (κ3) is 1.66. The molecule has 0 bridgehead atoms. The molecule has 2 aromatic rings. The molecule has 16 heavy (non-hydrogen) atoms. The lowest BCUT2D eigenvalue weighted by Crippen LogP contribution is -2.06. The summed E-state index contributed by atoms with van der Waals surface area (Å²) in [4.78, 5) is 24.3. The molecule has 1 aromatic carbocycles. The van der Waals surface area contributed by atoms with E-state index in [0.29, 0.717) is 16.5 Å². The van der Waals surface area contributed by atoms with E-state index < -0.39 is 5.91 Å². The molecular weight excluding hydrogens is 204 g/mol. The van der Waals surface area contributed by atoms with E-state index in [-0.39, 0.29) is 0 Å². The van der Waals surface area contributed by atoms with E-state index in [9.17, 15) is 9.59 Å². The lowest BCUT2D eigenvalue weighted by Gasteiger charge is -1.94. The maximum absolute atomic E-state index is 10.8. The van der Waals surface area contributed by atoms with Gasteiger partial charge in [0.15, 0.2) is 6.29 Å². The van der Waals surface area contributed by atoms with Crippen molar-refractivity contribution in [3.63, 3.8) is 0 Å². The normalized spacial score (nSPS) is 9.50. The van der Waals surface area contributed by atoms with Crippen LogP contribution in [0.25, 0.3) is 10.9 Å². The Hall–Kier alpha value is -2.54. The summed E-state index contributed by atoms with van der Waals surface area (Å²) >= 11 is 0. The van der Waals surface area contributed by atoms with Crippen molar-refractivity contribution in [2.75, 3.05) is 0 Å². The van der Waals surface area contributed by atoms with Crippen molar-refractivity contribution in [1.82, 2.24) is 4.98 Å². The standard InChI is InChI=1S/C12H8N2O2/c13-11(16)5-4-8-2-1-3-10-12(8)9(7-15)6-14-10/h1-3,6-7,14H,(H2,13,16). The fraction of sp³-hybridized carbons (Fsp3) is 0. The Morgan fingerprint density at radius 3 is 2.94 bits per heavy atom. The van der Waals surface area contributed by atoms with Crippen molar-refractivity contribution in [2.24, 2.45) is 5.73 Å². The van der Waals surface area contributed by atoms with Crippen LogP contribution in [-0.4, -0.2) is 17.2 Å². The zero-order valence-corrected chi connectivity index (χ0v) is 8.28. The van der Waals surface area contributed by atoms with E-state index in [1.807, 2.05) is 6.07 Å². The molecular formula is C12H8N2O2. The van der Waals surface area contributed by atoms with Gasteiger partial charge in [-0.3, -0.25) is 9.59 Å². The molecule has 4 nitrogen and oxygen atoms in total. The second-order valence-corrected chi connectivity index (χ2v) is 3.20. The predicted octanol–water partition coefficient (Wildman–Crippen LogP) is 0.817. The van der Waals surface area contributed by atoms with Gasteiger partial charge >= 0.3 is 0 Å². The van der Waals surface area contributed by atoms with Crippen molar-refractivity contribution in [1.29, 1.82) is 0 Å². The maximum Gasteiger partial charge on any atom is 0.293 e. The third-order valence-electron chi connectivity index (χ3n) is 2.18. The van der Waals surface area contributed by atoms with Gasteiger partial charge < -0.3 is 10.7 Å². The molecule has 0 radical (unpaired) electrons. The van der Waals surface area contributed by atoms with Gasteiger partial charge in [0.1, 0.15) is 0 Å². The number of aromatic amines is 1. The number of benzene rings is 1. The molecule has 0 aliphatic rings. The van der Waals surface area contributed by atoms with Crippen molar-refractivity contribution in [3.05, 3.63) is 35.5 Å². The van der Waals surface area contributed by atoms with Gasteiger partial charge in [-0.2, -0.15) is 0 Å². The first kappa shape index (κ1) is 9.99. The topological polar surface area (TPSA) is 76.0 Å². The number of primary amides is 1. The van der Waals surface area contributed by atoms with E-state index >= 15 is 0 Å². The minimum Gasteiger partial charge on any atom is -0.360 e. The van der Waals surface area contributed by atoms with Gasteiger partial charge in [0, 0.05) is 34.1 Å². The molecule has 0 atom stereocenters. The number of rotatable bonds is 1. The smallest absolute Gasteiger partial charge is 0.293 e. The molecule has 2 rings (SSSR count). The Morgan fingerprint density at radius 1 is 1.44 bits per heavy atom. The number of carbonyl (C=O) groups is 2. The van der Waals surface area contributed by atoms with Crippen LogP contribution in [0.5, 0.6) is 0 Å². The molecule has 0 unspecified atom stereocenters. The van der Waals surface area contributed by atoms with Gasteiger partial charge in [-0.15, -0.1) is 0 Å². The number of hydrogen-bond donors (Lipinski definition) is 2. The minimum absolute atomic E-state index is 0.518. The van der Waals surface area contributed by atoms with Crippen LogP contribution in [0.4, 0.5) is 0 Å². The Morgan fingerprint density at radius 2 is 2.25 bits per heavy atom. The first-order valence-corrected chi connectivity index (χ1v) is 4.59. The van der Waals surface area contributed by atoms with E-state index in [4.69, 9.17) is 5.73 Å². The highest BCUT2D eigenvalue weighted by atomic mass is 16.1. The number of nitrogens with one attached hydrogen (secondary N) is 1. The van der Waals surface area contributed by atoms with Gasteiger partial charge in [-0.25, -0.2) is 0 Å². The van der Waals surface area contributed by atoms with E-state index in [1.165, 1.54) is 0 Å². The van der Waals surface area contributed by atoms with Crippen LogP contribution in [0.1, 0.15) is 15.9 Å². The van der Waals surface area contributed by atoms with Crippen LogP contribution < -0.4 is 5.73 Å². The quantitative estimate of drug-likeness (QED) is 0.542. The fourth-order valence-corrected chi connectivity index (χ4v) is 1.54. The molecule has 1 aromatic heterocycles. The van der Waals surface area contributed by atoms with Crippen LogP contribution in [0, 0.1) is 11.8 Å². The Balaban J connectivity index is 2.70. The van der Waals surface area contributed by atoms with Gasteiger partial charge in [0.25, 0.3) is 5.91 Å². The third-order valence-corrected chi connectivity index (χ3v) is 2.18. The predicted molar refractivity (Wildman–Crippen MR) is 59.8 cm³/mol. The van der Waals surface area contributed by atoms with Gasteiger partial charge in [0.05, 0.1) is 0 Å². The summed E-state index contributed by atoms with van der Waals surface area (Å²) in [6, 6.07) is 5.36. The van der Waals surface area contributed by atoms with Crippen LogP contribution >= 0.6 is 0 Å². The molecule has 1 heterocycles. The summed E-state index contributed by atoms with van der Waals surface area (Å²) in [5.41, 5.74) is 6.87. The van der Waals surface area contributed by atoms with Gasteiger partial charge in [-0.1, -0.05) is 12.0 Å². The average Bonchev–Trinajstić information content (AvgIpc) is 2.69.